The quantitative estimate of drug-likeness (QED) is 0.572. The van der Waals surface area contributed by atoms with Gasteiger partial charge in [-0.3, -0.25) is 4.79 Å². The van der Waals surface area contributed by atoms with Gasteiger partial charge in [0, 0.05) is 49.4 Å². The van der Waals surface area contributed by atoms with Gasteiger partial charge in [0.05, 0.1) is 0 Å². The van der Waals surface area contributed by atoms with Crippen molar-refractivity contribution in [1.82, 2.24) is 10.2 Å². The highest BCUT2D eigenvalue weighted by Gasteiger charge is 2.19. The molecule has 26 heavy (non-hydrogen) atoms. The minimum absolute atomic E-state index is 0.110. The van der Waals surface area contributed by atoms with Gasteiger partial charge < -0.3 is 20.9 Å². The largest absolute Gasteiger partial charge is 0.360 e. The van der Waals surface area contributed by atoms with Gasteiger partial charge in [-0.1, -0.05) is 18.2 Å². The van der Waals surface area contributed by atoms with E-state index in [9.17, 15) is 10.1 Å². The van der Waals surface area contributed by atoms with Gasteiger partial charge in [0.15, 0.2) is 0 Å². The number of carbonyl (C=O) groups excluding carboxylic acids is 1. The van der Waals surface area contributed by atoms with Crippen molar-refractivity contribution in [3.05, 3.63) is 66.4 Å². The molecular formula is C20H21N5O. The predicted octanol–water partition coefficient (Wildman–Crippen LogP) is 2.68. The molecule has 0 bridgehead atoms. The number of rotatable bonds is 5. The molecule has 6 nitrogen and oxygen atoms in total. The summed E-state index contributed by atoms with van der Waals surface area (Å²) < 4.78 is 0. The highest BCUT2D eigenvalue weighted by Crippen LogP contribution is 2.18. The lowest BCUT2D eigenvalue weighted by atomic mass is 10.2. The Labute approximate surface area is 153 Å². The SMILES string of the molecule is N#C/C(=C/Nc1ccc(Nc2ccccc2)cc1)C(=O)N1CCNCC1. The molecule has 0 aromatic heterocycles. The van der Waals surface area contributed by atoms with Gasteiger partial charge in [-0.25, -0.2) is 0 Å². The molecule has 0 radical (unpaired) electrons. The van der Waals surface area contributed by atoms with Gasteiger partial charge >= 0.3 is 0 Å². The Balaban J connectivity index is 1.61. The first-order valence-corrected chi connectivity index (χ1v) is 8.55. The van der Waals surface area contributed by atoms with Gasteiger partial charge in [0.2, 0.25) is 0 Å². The summed E-state index contributed by atoms with van der Waals surface area (Å²) in [7, 11) is 0. The second kappa shape index (κ2) is 8.70. The van der Waals surface area contributed by atoms with E-state index >= 15 is 0 Å². The molecule has 3 rings (SSSR count). The lowest BCUT2D eigenvalue weighted by Gasteiger charge is -2.27. The van der Waals surface area contributed by atoms with Crippen LogP contribution < -0.4 is 16.0 Å². The summed E-state index contributed by atoms with van der Waals surface area (Å²) in [5.74, 6) is -0.233. The van der Waals surface area contributed by atoms with Crippen LogP contribution >= 0.6 is 0 Å². The molecule has 6 heteroatoms. The van der Waals surface area contributed by atoms with E-state index in [1.807, 2.05) is 60.7 Å². The van der Waals surface area contributed by atoms with E-state index in [-0.39, 0.29) is 11.5 Å². The van der Waals surface area contributed by atoms with Crippen LogP contribution in [0.25, 0.3) is 0 Å². The van der Waals surface area contributed by atoms with Crippen molar-refractivity contribution in [3.63, 3.8) is 0 Å². The third kappa shape index (κ3) is 4.62. The van der Waals surface area contributed by atoms with E-state index in [2.05, 4.69) is 16.0 Å². The second-order valence-electron chi connectivity index (χ2n) is 5.92. The molecule has 0 saturated carbocycles. The monoisotopic (exact) mass is 347 g/mol. The minimum atomic E-state index is -0.233. The summed E-state index contributed by atoms with van der Waals surface area (Å²) in [6.07, 6.45) is 1.48. The van der Waals surface area contributed by atoms with Crippen LogP contribution in [0.3, 0.4) is 0 Å². The normalized spacial score (nSPS) is 14.4. The Morgan fingerprint density at radius 3 is 2.27 bits per heavy atom. The molecule has 0 spiro atoms. The zero-order chi connectivity index (χ0) is 18.2. The Bertz CT molecular complexity index is 802. The summed E-state index contributed by atoms with van der Waals surface area (Å²) in [4.78, 5) is 14.1. The van der Waals surface area contributed by atoms with Crippen LogP contribution in [0.15, 0.2) is 66.4 Å². The van der Waals surface area contributed by atoms with Crippen LogP contribution in [0.4, 0.5) is 17.1 Å². The molecule has 3 N–H and O–H groups in total. The number of anilines is 3. The fourth-order valence-electron chi connectivity index (χ4n) is 2.67. The van der Waals surface area contributed by atoms with E-state index in [1.54, 1.807) is 4.90 Å². The highest BCUT2D eigenvalue weighted by atomic mass is 16.2. The number of piperazine rings is 1. The van der Waals surface area contributed by atoms with Gasteiger partial charge in [-0.05, 0) is 36.4 Å². The molecule has 2 aromatic rings. The van der Waals surface area contributed by atoms with Crippen molar-refractivity contribution >= 4 is 23.0 Å². The molecule has 1 fully saturated rings. The average molecular weight is 347 g/mol. The lowest BCUT2D eigenvalue weighted by molar-refractivity contribution is -0.127. The van der Waals surface area contributed by atoms with Crippen molar-refractivity contribution in [2.45, 2.75) is 0 Å². The molecule has 0 aliphatic carbocycles. The molecule has 0 unspecified atom stereocenters. The summed E-state index contributed by atoms with van der Waals surface area (Å²) in [6, 6.07) is 19.6. The third-order valence-electron chi connectivity index (χ3n) is 4.09. The molecule has 0 atom stereocenters. The number of nitrogens with zero attached hydrogens (tertiary/aromatic N) is 2. The van der Waals surface area contributed by atoms with Crippen LogP contribution in [0, 0.1) is 11.3 Å². The van der Waals surface area contributed by atoms with E-state index in [0.717, 1.165) is 30.2 Å². The summed E-state index contributed by atoms with van der Waals surface area (Å²) >= 11 is 0. The fourth-order valence-corrected chi connectivity index (χ4v) is 2.67. The zero-order valence-corrected chi connectivity index (χ0v) is 14.4. The second-order valence-corrected chi connectivity index (χ2v) is 5.92. The van der Waals surface area contributed by atoms with Crippen LogP contribution in [-0.2, 0) is 4.79 Å². The van der Waals surface area contributed by atoms with E-state index in [0.29, 0.717) is 13.1 Å². The molecule has 132 valence electrons. The molecule has 1 saturated heterocycles. The highest BCUT2D eigenvalue weighted by molar-refractivity contribution is 5.97. The first-order chi connectivity index (χ1) is 12.8. The molecular weight excluding hydrogens is 326 g/mol. The van der Waals surface area contributed by atoms with E-state index in [4.69, 9.17) is 0 Å². The van der Waals surface area contributed by atoms with Gasteiger partial charge in [-0.15, -0.1) is 0 Å². The predicted molar refractivity (Wildman–Crippen MR) is 103 cm³/mol. The molecule has 1 aliphatic rings. The van der Waals surface area contributed by atoms with Crippen LogP contribution in [0.1, 0.15) is 0 Å². The van der Waals surface area contributed by atoms with Crippen LogP contribution in [0.2, 0.25) is 0 Å². The number of para-hydroxylation sites is 1. The zero-order valence-electron chi connectivity index (χ0n) is 14.4. The van der Waals surface area contributed by atoms with E-state index < -0.39 is 0 Å². The van der Waals surface area contributed by atoms with Gasteiger partial charge in [-0.2, -0.15) is 5.26 Å². The molecule has 2 aromatic carbocycles. The number of benzene rings is 2. The third-order valence-corrected chi connectivity index (χ3v) is 4.09. The number of nitriles is 1. The molecule has 1 aliphatic heterocycles. The topological polar surface area (TPSA) is 80.2 Å². The first-order valence-electron chi connectivity index (χ1n) is 8.55. The summed E-state index contributed by atoms with van der Waals surface area (Å²) in [5.41, 5.74) is 2.90. The Morgan fingerprint density at radius 1 is 1.00 bits per heavy atom. The van der Waals surface area contributed by atoms with Crippen molar-refractivity contribution < 1.29 is 4.79 Å². The number of carbonyl (C=O) groups is 1. The maximum atomic E-state index is 12.4. The lowest BCUT2D eigenvalue weighted by Crippen LogP contribution is -2.46. The van der Waals surface area contributed by atoms with Crippen molar-refractivity contribution in [3.8, 4) is 6.07 Å². The molecule has 1 heterocycles. The van der Waals surface area contributed by atoms with Crippen molar-refractivity contribution in [1.29, 1.82) is 5.26 Å². The maximum absolute atomic E-state index is 12.4. The average Bonchev–Trinajstić information content (AvgIpc) is 2.71. The van der Waals surface area contributed by atoms with Gasteiger partial charge in [0.1, 0.15) is 11.6 Å². The van der Waals surface area contributed by atoms with Crippen LogP contribution in [0.5, 0.6) is 0 Å². The molecule has 1 amide bonds. The maximum Gasteiger partial charge on any atom is 0.266 e. The smallest absolute Gasteiger partial charge is 0.266 e. The summed E-state index contributed by atoms with van der Waals surface area (Å²) in [6.45, 7) is 2.76. The Morgan fingerprint density at radius 2 is 1.62 bits per heavy atom. The fraction of sp³-hybridized carbons (Fsp3) is 0.200. The Hall–Kier alpha value is -3.30. The van der Waals surface area contributed by atoms with Crippen LogP contribution in [-0.4, -0.2) is 37.0 Å². The number of amides is 1. The Kier molecular flexibility index (Phi) is 5.86. The van der Waals surface area contributed by atoms with E-state index in [1.165, 1.54) is 6.20 Å². The number of hydrogen-bond donors (Lipinski definition) is 3. The number of nitrogens with one attached hydrogen (secondary N) is 3. The standard InChI is InChI=1S/C20H21N5O/c21-14-16(20(26)25-12-10-22-11-13-25)15-23-17-6-8-19(9-7-17)24-18-4-2-1-3-5-18/h1-9,15,22-24H,10-13H2/b16-15-. The van der Waals surface area contributed by atoms with Gasteiger partial charge in [0.25, 0.3) is 5.91 Å². The summed E-state index contributed by atoms with van der Waals surface area (Å²) in [5, 5.41) is 18.8. The van der Waals surface area contributed by atoms with Crippen molar-refractivity contribution in [2.24, 2.45) is 0 Å². The van der Waals surface area contributed by atoms with Crippen molar-refractivity contribution in [2.75, 3.05) is 36.8 Å². The minimum Gasteiger partial charge on any atom is -0.360 e. The number of hydrogen-bond acceptors (Lipinski definition) is 5. The first kappa shape index (κ1) is 17.5.